The summed E-state index contributed by atoms with van der Waals surface area (Å²) in [5.74, 6) is 1.01. The first-order chi connectivity index (χ1) is 7.44. The Labute approximate surface area is 97.8 Å². The first-order valence-electron chi connectivity index (χ1n) is 6.00. The molecule has 0 atom stereocenters. The van der Waals surface area contributed by atoms with E-state index in [2.05, 4.69) is 39.8 Å². The van der Waals surface area contributed by atoms with Crippen LogP contribution in [0.2, 0.25) is 0 Å². The second-order valence-electron chi connectivity index (χ2n) is 5.21. The third kappa shape index (κ3) is 1.94. The average Bonchev–Trinajstić information content (AvgIpc) is 2.92. The van der Waals surface area contributed by atoms with Crippen molar-refractivity contribution in [3.05, 3.63) is 28.8 Å². The minimum absolute atomic E-state index is 0.122. The van der Waals surface area contributed by atoms with Crippen LogP contribution in [0.15, 0.2) is 12.1 Å². The summed E-state index contributed by atoms with van der Waals surface area (Å²) in [4.78, 5) is 0. The maximum absolute atomic E-state index is 6.28. The van der Waals surface area contributed by atoms with Crippen LogP contribution in [-0.4, -0.2) is 6.10 Å². The third-order valence-corrected chi connectivity index (χ3v) is 3.36. The topological polar surface area (TPSA) is 35.2 Å². The minimum Gasteiger partial charge on any atom is -0.490 e. The van der Waals surface area contributed by atoms with E-state index in [9.17, 15) is 0 Å². The van der Waals surface area contributed by atoms with Gasteiger partial charge >= 0.3 is 0 Å². The fraction of sp³-hybridized carbons (Fsp3) is 0.571. The predicted molar refractivity (Wildman–Crippen MR) is 66.8 cm³/mol. The van der Waals surface area contributed by atoms with E-state index in [0.717, 1.165) is 18.6 Å². The molecule has 0 spiro atoms. The monoisotopic (exact) mass is 219 g/mol. The lowest BCUT2D eigenvalue weighted by Gasteiger charge is -2.21. The standard InChI is InChI=1S/C14H21NO/c1-9(2)16-13-11(4)10(3)5-6-12(13)14(15)7-8-14/h5-6,9H,7-8,15H2,1-4H3. The lowest BCUT2D eigenvalue weighted by molar-refractivity contribution is 0.236. The summed E-state index contributed by atoms with van der Waals surface area (Å²) in [7, 11) is 0. The van der Waals surface area contributed by atoms with Crippen LogP contribution >= 0.6 is 0 Å². The Bertz CT molecular complexity index is 405. The van der Waals surface area contributed by atoms with Crippen molar-refractivity contribution in [2.24, 2.45) is 5.73 Å². The molecule has 1 aromatic rings. The molecule has 0 aliphatic heterocycles. The molecular weight excluding hydrogens is 198 g/mol. The summed E-state index contributed by atoms with van der Waals surface area (Å²) in [6.45, 7) is 8.34. The Balaban J connectivity index is 2.47. The van der Waals surface area contributed by atoms with Crippen LogP contribution in [0.25, 0.3) is 0 Å². The van der Waals surface area contributed by atoms with Gasteiger partial charge in [-0.1, -0.05) is 12.1 Å². The van der Waals surface area contributed by atoms with Crippen LogP contribution in [0.3, 0.4) is 0 Å². The summed E-state index contributed by atoms with van der Waals surface area (Å²) in [6.07, 6.45) is 2.34. The maximum Gasteiger partial charge on any atom is 0.127 e. The van der Waals surface area contributed by atoms with Crippen molar-refractivity contribution in [3.8, 4) is 5.75 Å². The Morgan fingerprint density at radius 2 is 1.88 bits per heavy atom. The molecule has 0 unspecified atom stereocenters. The zero-order valence-electron chi connectivity index (χ0n) is 10.6. The molecule has 2 N–H and O–H groups in total. The van der Waals surface area contributed by atoms with Crippen molar-refractivity contribution in [1.29, 1.82) is 0 Å². The van der Waals surface area contributed by atoms with E-state index in [0.29, 0.717) is 0 Å². The lowest BCUT2D eigenvalue weighted by Crippen LogP contribution is -2.22. The largest absolute Gasteiger partial charge is 0.490 e. The van der Waals surface area contributed by atoms with Gasteiger partial charge in [-0.05, 0) is 51.7 Å². The summed E-state index contributed by atoms with van der Waals surface area (Å²) in [5, 5.41) is 0. The first-order valence-corrected chi connectivity index (χ1v) is 6.00. The Hall–Kier alpha value is -1.02. The summed E-state index contributed by atoms with van der Waals surface area (Å²) >= 11 is 0. The van der Waals surface area contributed by atoms with E-state index in [1.54, 1.807) is 0 Å². The number of hydrogen-bond acceptors (Lipinski definition) is 2. The normalized spacial score (nSPS) is 17.6. The van der Waals surface area contributed by atoms with Gasteiger partial charge in [-0.3, -0.25) is 0 Å². The average molecular weight is 219 g/mol. The number of rotatable bonds is 3. The van der Waals surface area contributed by atoms with E-state index in [4.69, 9.17) is 10.5 Å². The highest BCUT2D eigenvalue weighted by atomic mass is 16.5. The highest BCUT2D eigenvalue weighted by Gasteiger charge is 2.42. The second-order valence-corrected chi connectivity index (χ2v) is 5.21. The molecule has 1 aliphatic rings. The number of ether oxygens (including phenoxy) is 1. The molecule has 0 amide bonds. The van der Waals surface area contributed by atoms with E-state index in [1.807, 2.05) is 0 Å². The van der Waals surface area contributed by atoms with Crippen molar-refractivity contribution in [2.75, 3.05) is 0 Å². The van der Waals surface area contributed by atoms with E-state index in [1.165, 1.54) is 16.7 Å². The molecule has 1 aliphatic carbocycles. The molecule has 1 aromatic carbocycles. The first kappa shape index (κ1) is 11.5. The van der Waals surface area contributed by atoms with Gasteiger partial charge in [-0.15, -0.1) is 0 Å². The van der Waals surface area contributed by atoms with Gasteiger partial charge in [0.25, 0.3) is 0 Å². The summed E-state index contributed by atoms with van der Waals surface area (Å²) in [5.41, 5.74) is 9.84. The maximum atomic E-state index is 6.28. The van der Waals surface area contributed by atoms with Gasteiger partial charge in [0.15, 0.2) is 0 Å². The van der Waals surface area contributed by atoms with Crippen LogP contribution in [0.4, 0.5) is 0 Å². The fourth-order valence-electron chi connectivity index (χ4n) is 1.97. The third-order valence-electron chi connectivity index (χ3n) is 3.36. The molecule has 1 fully saturated rings. The molecule has 16 heavy (non-hydrogen) atoms. The van der Waals surface area contributed by atoms with Crippen LogP contribution in [0, 0.1) is 13.8 Å². The van der Waals surface area contributed by atoms with Gasteiger partial charge in [0.05, 0.1) is 6.10 Å². The smallest absolute Gasteiger partial charge is 0.127 e. The molecule has 0 bridgehead atoms. The molecule has 0 radical (unpaired) electrons. The molecular formula is C14H21NO. The van der Waals surface area contributed by atoms with Gasteiger partial charge in [-0.25, -0.2) is 0 Å². The Kier molecular flexibility index (Phi) is 2.70. The predicted octanol–water partition coefficient (Wildman–Crippen LogP) is 3.04. The molecule has 88 valence electrons. The van der Waals surface area contributed by atoms with Crippen LogP contribution in [-0.2, 0) is 5.54 Å². The van der Waals surface area contributed by atoms with Gasteiger partial charge in [-0.2, -0.15) is 0 Å². The van der Waals surface area contributed by atoms with Crippen molar-refractivity contribution in [2.45, 2.75) is 52.2 Å². The zero-order chi connectivity index (χ0) is 11.9. The van der Waals surface area contributed by atoms with Crippen molar-refractivity contribution in [3.63, 3.8) is 0 Å². The minimum atomic E-state index is -0.122. The van der Waals surface area contributed by atoms with Gasteiger partial charge in [0, 0.05) is 11.1 Å². The van der Waals surface area contributed by atoms with Gasteiger partial charge in [0.1, 0.15) is 5.75 Å². The van der Waals surface area contributed by atoms with Gasteiger partial charge < -0.3 is 10.5 Å². The molecule has 2 rings (SSSR count). The summed E-state index contributed by atoms with van der Waals surface area (Å²) < 4.78 is 5.94. The van der Waals surface area contributed by atoms with E-state index >= 15 is 0 Å². The molecule has 0 heterocycles. The van der Waals surface area contributed by atoms with Crippen LogP contribution in [0.1, 0.15) is 43.4 Å². The molecule has 1 saturated carbocycles. The zero-order valence-corrected chi connectivity index (χ0v) is 10.6. The molecule has 2 nitrogen and oxygen atoms in total. The Morgan fingerprint density at radius 1 is 1.25 bits per heavy atom. The second kappa shape index (κ2) is 3.77. The van der Waals surface area contributed by atoms with Crippen molar-refractivity contribution in [1.82, 2.24) is 0 Å². The van der Waals surface area contributed by atoms with E-state index in [-0.39, 0.29) is 11.6 Å². The van der Waals surface area contributed by atoms with Crippen molar-refractivity contribution >= 4 is 0 Å². The van der Waals surface area contributed by atoms with Crippen LogP contribution < -0.4 is 10.5 Å². The molecule has 0 aromatic heterocycles. The van der Waals surface area contributed by atoms with Crippen molar-refractivity contribution < 1.29 is 4.74 Å². The number of benzene rings is 1. The Morgan fingerprint density at radius 3 is 2.38 bits per heavy atom. The van der Waals surface area contributed by atoms with E-state index < -0.39 is 0 Å². The highest BCUT2D eigenvalue weighted by Crippen LogP contribution is 2.47. The van der Waals surface area contributed by atoms with Crippen LogP contribution in [0.5, 0.6) is 5.75 Å². The fourth-order valence-corrected chi connectivity index (χ4v) is 1.97. The number of hydrogen-bond donors (Lipinski definition) is 1. The number of aryl methyl sites for hydroxylation is 1. The SMILES string of the molecule is Cc1ccc(C2(N)CC2)c(OC(C)C)c1C. The van der Waals surface area contributed by atoms with Gasteiger partial charge in [0.2, 0.25) is 0 Å². The highest BCUT2D eigenvalue weighted by molar-refractivity contribution is 5.50. The quantitative estimate of drug-likeness (QED) is 0.848. The molecule has 0 saturated heterocycles. The lowest BCUT2D eigenvalue weighted by atomic mass is 9.98. The summed E-state index contributed by atoms with van der Waals surface area (Å²) in [6, 6.07) is 4.28. The number of nitrogens with two attached hydrogens (primary N) is 1. The molecule has 2 heteroatoms.